The van der Waals surface area contributed by atoms with Crippen LogP contribution in [0.15, 0.2) is 40.6 Å². The van der Waals surface area contributed by atoms with Crippen molar-refractivity contribution in [3.8, 4) is 0 Å². The van der Waals surface area contributed by atoms with Gasteiger partial charge in [-0.2, -0.15) is 0 Å². The third kappa shape index (κ3) is 3.68. The molecule has 0 bridgehead atoms. The average Bonchev–Trinajstić information content (AvgIpc) is 2.99. The van der Waals surface area contributed by atoms with Crippen molar-refractivity contribution in [2.75, 3.05) is 0 Å². The van der Waals surface area contributed by atoms with Gasteiger partial charge in [0.2, 0.25) is 10.0 Å². The van der Waals surface area contributed by atoms with Crippen molar-refractivity contribution in [1.82, 2.24) is 4.72 Å². The third-order valence-electron chi connectivity index (χ3n) is 3.11. The first-order valence-corrected chi connectivity index (χ1v) is 8.88. The summed E-state index contributed by atoms with van der Waals surface area (Å²) in [5.41, 5.74) is 6.05. The molecule has 3 N–H and O–H groups in total. The van der Waals surface area contributed by atoms with Gasteiger partial charge >= 0.3 is 0 Å². The van der Waals surface area contributed by atoms with Crippen LogP contribution in [-0.2, 0) is 16.6 Å². The molecule has 21 heavy (non-hydrogen) atoms. The van der Waals surface area contributed by atoms with E-state index in [0.717, 1.165) is 10.9 Å². The summed E-state index contributed by atoms with van der Waals surface area (Å²) >= 11 is 1.46. The van der Waals surface area contributed by atoms with Crippen molar-refractivity contribution in [2.24, 2.45) is 5.73 Å². The summed E-state index contributed by atoms with van der Waals surface area (Å²) in [6.45, 7) is 2.03. The minimum absolute atomic E-state index is 0.158. The lowest BCUT2D eigenvalue weighted by Crippen LogP contribution is -2.28. The Hall–Kier alpha value is -1.28. The minimum atomic E-state index is -3.93. The molecule has 0 fully saturated rings. The second-order valence-corrected chi connectivity index (χ2v) is 7.23. The van der Waals surface area contributed by atoms with Gasteiger partial charge in [-0.1, -0.05) is 19.1 Å². The van der Waals surface area contributed by atoms with E-state index in [1.54, 1.807) is 0 Å². The van der Waals surface area contributed by atoms with Crippen molar-refractivity contribution < 1.29 is 12.8 Å². The van der Waals surface area contributed by atoms with E-state index in [-0.39, 0.29) is 17.5 Å². The molecule has 114 valence electrons. The standard InChI is InChI=1S/C14H17FN2O2S2/c1-2-12(13-4-3-7-20-13)17-21(18,19)14-8-10(9-16)5-6-11(14)15/h3-8,12,17H,2,9,16H2,1H3. The quantitative estimate of drug-likeness (QED) is 0.856. The van der Waals surface area contributed by atoms with Gasteiger partial charge in [-0.15, -0.1) is 11.3 Å². The Labute approximate surface area is 127 Å². The van der Waals surface area contributed by atoms with Crippen LogP contribution in [0.1, 0.15) is 29.8 Å². The van der Waals surface area contributed by atoms with Crippen LogP contribution in [-0.4, -0.2) is 8.42 Å². The SMILES string of the molecule is CCC(NS(=O)(=O)c1cc(CN)ccc1F)c1cccs1. The fourth-order valence-electron chi connectivity index (χ4n) is 1.96. The van der Waals surface area contributed by atoms with E-state index < -0.39 is 15.8 Å². The van der Waals surface area contributed by atoms with Crippen molar-refractivity contribution >= 4 is 21.4 Å². The highest BCUT2D eigenvalue weighted by molar-refractivity contribution is 7.89. The molecular weight excluding hydrogens is 311 g/mol. The number of sulfonamides is 1. The Morgan fingerprint density at radius 1 is 1.38 bits per heavy atom. The summed E-state index contributed by atoms with van der Waals surface area (Å²) in [5.74, 6) is -0.777. The van der Waals surface area contributed by atoms with Gasteiger partial charge in [0.1, 0.15) is 10.7 Å². The van der Waals surface area contributed by atoms with Crippen LogP contribution in [0.4, 0.5) is 4.39 Å². The highest BCUT2D eigenvalue weighted by atomic mass is 32.2. The molecule has 2 aromatic rings. The maximum atomic E-state index is 13.8. The zero-order valence-electron chi connectivity index (χ0n) is 11.5. The summed E-state index contributed by atoms with van der Waals surface area (Å²) in [5, 5.41) is 1.88. The molecule has 7 heteroatoms. The molecule has 0 radical (unpaired) electrons. The average molecular weight is 328 g/mol. The van der Waals surface area contributed by atoms with Crippen LogP contribution in [0.3, 0.4) is 0 Å². The van der Waals surface area contributed by atoms with Gasteiger partial charge < -0.3 is 5.73 Å². The van der Waals surface area contributed by atoms with Crippen LogP contribution < -0.4 is 10.5 Å². The normalized spacial score (nSPS) is 13.3. The van der Waals surface area contributed by atoms with E-state index in [1.807, 2.05) is 24.4 Å². The first-order valence-electron chi connectivity index (χ1n) is 6.52. The Morgan fingerprint density at radius 2 is 2.14 bits per heavy atom. The predicted molar refractivity (Wildman–Crippen MR) is 82.0 cm³/mol. The Bertz CT molecular complexity index is 700. The third-order valence-corrected chi connectivity index (χ3v) is 5.59. The van der Waals surface area contributed by atoms with E-state index >= 15 is 0 Å². The van der Waals surface area contributed by atoms with E-state index in [2.05, 4.69) is 4.72 Å². The first-order chi connectivity index (χ1) is 9.97. The summed E-state index contributed by atoms with van der Waals surface area (Å²) in [7, 11) is -3.93. The summed E-state index contributed by atoms with van der Waals surface area (Å²) in [6.07, 6.45) is 0.581. The molecular formula is C14H17FN2O2S2. The zero-order chi connectivity index (χ0) is 15.5. The smallest absolute Gasteiger partial charge is 0.244 e. The molecule has 0 amide bonds. The largest absolute Gasteiger partial charge is 0.326 e. The molecule has 0 saturated heterocycles. The van der Waals surface area contributed by atoms with Crippen LogP contribution in [0, 0.1) is 5.82 Å². The Morgan fingerprint density at radius 3 is 2.71 bits per heavy atom. The van der Waals surface area contributed by atoms with Crippen LogP contribution in [0.25, 0.3) is 0 Å². The number of halogens is 1. The molecule has 0 aliphatic heterocycles. The monoisotopic (exact) mass is 328 g/mol. The zero-order valence-corrected chi connectivity index (χ0v) is 13.2. The Balaban J connectivity index is 2.34. The van der Waals surface area contributed by atoms with E-state index in [9.17, 15) is 12.8 Å². The second kappa shape index (κ2) is 6.65. The lowest BCUT2D eigenvalue weighted by molar-refractivity contribution is 0.537. The maximum absolute atomic E-state index is 13.8. The summed E-state index contributed by atoms with van der Waals surface area (Å²) in [6, 6.07) is 7.23. The molecule has 0 spiro atoms. The molecule has 1 heterocycles. The maximum Gasteiger partial charge on any atom is 0.244 e. The number of rotatable bonds is 6. The number of nitrogens with two attached hydrogens (primary N) is 1. The second-order valence-electron chi connectivity index (χ2n) is 4.57. The van der Waals surface area contributed by atoms with Gasteiger partial charge in [0.05, 0.1) is 6.04 Å². The van der Waals surface area contributed by atoms with Gasteiger partial charge in [0, 0.05) is 11.4 Å². The van der Waals surface area contributed by atoms with Crippen LogP contribution >= 0.6 is 11.3 Å². The van der Waals surface area contributed by atoms with Crippen molar-refractivity contribution in [2.45, 2.75) is 30.8 Å². The fourth-order valence-corrected chi connectivity index (χ4v) is 4.33. The van der Waals surface area contributed by atoms with Crippen LogP contribution in [0.5, 0.6) is 0 Å². The number of hydrogen-bond acceptors (Lipinski definition) is 4. The minimum Gasteiger partial charge on any atom is -0.326 e. The van der Waals surface area contributed by atoms with Gasteiger partial charge in [-0.05, 0) is 35.6 Å². The molecule has 0 aliphatic carbocycles. The topological polar surface area (TPSA) is 72.2 Å². The van der Waals surface area contributed by atoms with E-state index in [4.69, 9.17) is 5.73 Å². The van der Waals surface area contributed by atoms with E-state index in [1.165, 1.54) is 23.5 Å². The molecule has 1 aromatic heterocycles. The number of hydrogen-bond donors (Lipinski definition) is 2. The van der Waals surface area contributed by atoms with Gasteiger partial charge in [-0.3, -0.25) is 0 Å². The van der Waals surface area contributed by atoms with Crippen molar-refractivity contribution in [1.29, 1.82) is 0 Å². The van der Waals surface area contributed by atoms with Gasteiger partial charge in [0.15, 0.2) is 0 Å². The van der Waals surface area contributed by atoms with Gasteiger partial charge in [-0.25, -0.2) is 17.5 Å². The molecule has 0 saturated carbocycles. The van der Waals surface area contributed by atoms with Crippen LogP contribution in [0.2, 0.25) is 0 Å². The molecule has 1 unspecified atom stereocenters. The molecule has 4 nitrogen and oxygen atoms in total. The van der Waals surface area contributed by atoms with Gasteiger partial charge in [0.25, 0.3) is 0 Å². The Kier molecular flexibility index (Phi) is 5.10. The lowest BCUT2D eigenvalue weighted by atomic mass is 10.2. The number of thiophene rings is 1. The molecule has 2 rings (SSSR count). The predicted octanol–water partition coefficient (Wildman–Crippen LogP) is 2.78. The summed E-state index contributed by atoms with van der Waals surface area (Å²) < 4.78 is 41.2. The fraction of sp³-hybridized carbons (Fsp3) is 0.286. The first kappa shape index (κ1) is 16.1. The molecule has 0 aliphatic rings. The highest BCUT2D eigenvalue weighted by Crippen LogP contribution is 2.25. The summed E-state index contributed by atoms with van der Waals surface area (Å²) in [4.78, 5) is 0.539. The van der Waals surface area contributed by atoms with Crippen molar-refractivity contribution in [3.05, 3.63) is 52.0 Å². The van der Waals surface area contributed by atoms with E-state index in [0.29, 0.717) is 12.0 Å². The molecule has 1 aromatic carbocycles. The number of benzene rings is 1. The highest BCUT2D eigenvalue weighted by Gasteiger charge is 2.24. The number of nitrogens with one attached hydrogen (secondary N) is 1. The molecule has 1 atom stereocenters. The lowest BCUT2D eigenvalue weighted by Gasteiger charge is -2.16. The van der Waals surface area contributed by atoms with Crippen molar-refractivity contribution in [3.63, 3.8) is 0 Å².